The highest BCUT2D eigenvalue weighted by molar-refractivity contribution is 7.98. The average Bonchev–Trinajstić information content (AvgIpc) is 3.11. The van der Waals surface area contributed by atoms with E-state index in [0.29, 0.717) is 18.2 Å². The monoisotopic (exact) mass is 503 g/mol. The maximum atomic E-state index is 14.1. The standard InChI is InChI=1S/C28H33N5O2S/c1-17-14-21(32-26-18(2)25(29)30-16-31-26)24(36-4)23-22(17)27(34)33(28(23)12-6-5-7-13-28)15-19-8-10-20(35-3)11-9-19/h8-11,14,16H,5-7,12-13,15H2,1-4H3,(H3,29,30,31,32). The van der Waals surface area contributed by atoms with Crippen molar-refractivity contribution in [2.75, 3.05) is 24.4 Å². The number of anilines is 3. The number of aryl methyl sites for hydroxylation is 1. The van der Waals surface area contributed by atoms with Gasteiger partial charge in [0.25, 0.3) is 5.91 Å². The highest BCUT2D eigenvalue weighted by Crippen LogP contribution is 2.54. The van der Waals surface area contributed by atoms with E-state index in [4.69, 9.17) is 10.5 Å². The summed E-state index contributed by atoms with van der Waals surface area (Å²) in [4.78, 5) is 25.9. The SMILES string of the molecule is COc1ccc(CN2C(=O)c3c(C)cc(Nc4ncnc(N)c4C)c(SC)c3C23CCCCC3)cc1. The summed E-state index contributed by atoms with van der Waals surface area (Å²) in [7, 11) is 1.67. The third kappa shape index (κ3) is 3.97. The Labute approximate surface area is 216 Å². The molecule has 1 aromatic heterocycles. The minimum atomic E-state index is -0.314. The second kappa shape index (κ2) is 9.65. The van der Waals surface area contributed by atoms with Crippen LogP contribution in [0.4, 0.5) is 17.3 Å². The smallest absolute Gasteiger partial charge is 0.255 e. The molecule has 188 valence electrons. The Morgan fingerprint density at radius 1 is 1.14 bits per heavy atom. The quantitative estimate of drug-likeness (QED) is 0.401. The summed E-state index contributed by atoms with van der Waals surface area (Å²) in [5.74, 6) is 2.10. The molecule has 0 saturated heterocycles. The first kappa shape index (κ1) is 24.4. The first-order valence-corrected chi connectivity index (χ1v) is 13.6. The minimum absolute atomic E-state index is 0.129. The molecule has 5 rings (SSSR count). The molecule has 1 spiro atoms. The summed E-state index contributed by atoms with van der Waals surface area (Å²) in [6.07, 6.45) is 8.93. The zero-order valence-corrected chi connectivity index (χ0v) is 22.2. The Morgan fingerprint density at radius 2 is 1.86 bits per heavy atom. The Morgan fingerprint density at radius 3 is 2.53 bits per heavy atom. The van der Waals surface area contributed by atoms with Crippen molar-refractivity contribution in [3.8, 4) is 5.75 Å². The number of nitrogens with two attached hydrogens (primary N) is 1. The molecule has 1 aliphatic heterocycles. The van der Waals surface area contributed by atoms with Gasteiger partial charge in [-0.15, -0.1) is 11.8 Å². The third-order valence-electron chi connectivity index (χ3n) is 7.68. The molecule has 2 heterocycles. The van der Waals surface area contributed by atoms with Crippen LogP contribution in [-0.2, 0) is 12.1 Å². The van der Waals surface area contributed by atoms with E-state index in [9.17, 15) is 4.79 Å². The van der Waals surface area contributed by atoms with Crippen molar-refractivity contribution < 1.29 is 9.53 Å². The molecule has 7 nitrogen and oxygen atoms in total. The van der Waals surface area contributed by atoms with E-state index in [1.807, 2.05) is 26.0 Å². The van der Waals surface area contributed by atoms with E-state index in [1.54, 1.807) is 18.9 Å². The molecule has 1 fully saturated rings. The second-order valence-corrected chi connectivity index (χ2v) is 10.5. The van der Waals surface area contributed by atoms with Gasteiger partial charge >= 0.3 is 0 Å². The molecule has 0 unspecified atom stereocenters. The molecule has 1 aliphatic carbocycles. The molecule has 2 aromatic carbocycles. The predicted octanol–water partition coefficient (Wildman–Crippen LogP) is 5.97. The van der Waals surface area contributed by atoms with Crippen LogP contribution in [0.1, 0.15) is 64.7 Å². The molecule has 3 N–H and O–H groups in total. The number of rotatable bonds is 6. The molecular formula is C28H33N5O2S. The molecule has 1 saturated carbocycles. The first-order chi connectivity index (χ1) is 17.4. The molecule has 3 aromatic rings. The molecule has 8 heteroatoms. The third-order valence-corrected chi connectivity index (χ3v) is 8.51. The summed E-state index contributed by atoms with van der Waals surface area (Å²) in [5, 5.41) is 3.52. The topological polar surface area (TPSA) is 93.4 Å². The Hall–Kier alpha value is -3.26. The number of amides is 1. The molecule has 36 heavy (non-hydrogen) atoms. The number of nitrogens with one attached hydrogen (secondary N) is 1. The predicted molar refractivity (Wildman–Crippen MR) is 145 cm³/mol. The number of hydrogen-bond acceptors (Lipinski definition) is 7. The van der Waals surface area contributed by atoms with Crippen molar-refractivity contribution in [3.05, 3.63) is 64.5 Å². The summed E-state index contributed by atoms with van der Waals surface area (Å²) in [6, 6.07) is 10.1. The zero-order chi connectivity index (χ0) is 25.4. The van der Waals surface area contributed by atoms with E-state index < -0.39 is 0 Å². The van der Waals surface area contributed by atoms with Gasteiger partial charge in [0.15, 0.2) is 0 Å². The number of hydrogen-bond donors (Lipinski definition) is 2. The fourth-order valence-corrected chi connectivity index (χ4v) is 6.62. The molecular weight excluding hydrogens is 470 g/mol. The second-order valence-electron chi connectivity index (χ2n) is 9.71. The number of thioether (sulfide) groups is 1. The van der Waals surface area contributed by atoms with Gasteiger partial charge in [-0.3, -0.25) is 4.79 Å². The van der Waals surface area contributed by atoms with Gasteiger partial charge in [0.05, 0.1) is 18.3 Å². The molecule has 2 aliphatic rings. The van der Waals surface area contributed by atoms with Crippen LogP contribution in [0.25, 0.3) is 0 Å². The Bertz CT molecular complexity index is 1300. The fourth-order valence-electron chi connectivity index (χ4n) is 5.80. The van der Waals surface area contributed by atoms with Crippen LogP contribution in [0, 0.1) is 13.8 Å². The van der Waals surface area contributed by atoms with E-state index in [1.165, 1.54) is 18.3 Å². The van der Waals surface area contributed by atoms with E-state index >= 15 is 0 Å². The Kier molecular flexibility index (Phi) is 6.55. The average molecular weight is 504 g/mol. The molecule has 0 bridgehead atoms. The summed E-state index contributed by atoms with van der Waals surface area (Å²) < 4.78 is 5.34. The highest BCUT2D eigenvalue weighted by Gasteiger charge is 2.52. The van der Waals surface area contributed by atoms with Crippen molar-refractivity contribution in [1.82, 2.24) is 14.9 Å². The lowest BCUT2D eigenvalue weighted by atomic mass is 9.75. The molecule has 1 amide bonds. The van der Waals surface area contributed by atoms with Crippen LogP contribution in [0.2, 0.25) is 0 Å². The largest absolute Gasteiger partial charge is 0.497 e. The number of fused-ring (bicyclic) bond motifs is 2. The van der Waals surface area contributed by atoms with Crippen molar-refractivity contribution in [3.63, 3.8) is 0 Å². The lowest BCUT2D eigenvalue weighted by Crippen LogP contribution is -2.44. The van der Waals surface area contributed by atoms with Crippen molar-refractivity contribution in [2.45, 2.75) is 62.9 Å². The van der Waals surface area contributed by atoms with Gasteiger partial charge in [0, 0.05) is 28.1 Å². The number of aromatic nitrogens is 2. The number of benzene rings is 2. The van der Waals surface area contributed by atoms with Crippen LogP contribution in [0.3, 0.4) is 0 Å². The van der Waals surface area contributed by atoms with Gasteiger partial charge in [-0.05, 0) is 62.3 Å². The van der Waals surface area contributed by atoms with Gasteiger partial charge in [-0.1, -0.05) is 31.4 Å². The van der Waals surface area contributed by atoms with Crippen molar-refractivity contribution in [1.29, 1.82) is 0 Å². The number of carbonyl (C=O) groups is 1. The zero-order valence-electron chi connectivity index (χ0n) is 21.4. The highest BCUT2D eigenvalue weighted by atomic mass is 32.2. The number of methoxy groups -OCH3 is 1. The normalized spacial score (nSPS) is 16.3. The van der Waals surface area contributed by atoms with Gasteiger partial charge in [-0.2, -0.15) is 0 Å². The van der Waals surface area contributed by atoms with Gasteiger partial charge < -0.3 is 20.7 Å². The first-order valence-electron chi connectivity index (χ1n) is 12.4. The number of carbonyl (C=O) groups excluding carboxylic acids is 1. The van der Waals surface area contributed by atoms with E-state index in [2.05, 4.69) is 44.6 Å². The van der Waals surface area contributed by atoms with Gasteiger partial charge in [0.1, 0.15) is 23.7 Å². The van der Waals surface area contributed by atoms with Crippen LogP contribution in [0.15, 0.2) is 41.6 Å². The number of ether oxygens (including phenoxy) is 1. The van der Waals surface area contributed by atoms with Gasteiger partial charge in [0.2, 0.25) is 0 Å². The van der Waals surface area contributed by atoms with Crippen LogP contribution < -0.4 is 15.8 Å². The summed E-state index contributed by atoms with van der Waals surface area (Å²) in [5.41, 5.74) is 11.6. The maximum absolute atomic E-state index is 14.1. The summed E-state index contributed by atoms with van der Waals surface area (Å²) >= 11 is 1.69. The van der Waals surface area contributed by atoms with Crippen LogP contribution >= 0.6 is 11.8 Å². The van der Waals surface area contributed by atoms with Crippen LogP contribution in [0.5, 0.6) is 5.75 Å². The van der Waals surface area contributed by atoms with E-state index in [0.717, 1.165) is 64.3 Å². The maximum Gasteiger partial charge on any atom is 0.255 e. The van der Waals surface area contributed by atoms with Crippen molar-refractivity contribution in [2.24, 2.45) is 0 Å². The molecule has 0 atom stereocenters. The van der Waals surface area contributed by atoms with Crippen molar-refractivity contribution >= 4 is 35.0 Å². The Balaban J connectivity index is 1.63. The van der Waals surface area contributed by atoms with Crippen LogP contribution in [-0.4, -0.2) is 34.1 Å². The molecule has 0 radical (unpaired) electrons. The van der Waals surface area contributed by atoms with E-state index in [-0.39, 0.29) is 11.4 Å². The summed E-state index contributed by atoms with van der Waals surface area (Å²) in [6.45, 7) is 4.54. The van der Waals surface area contributed by atoms with Gasteiger partial charge in [-0.25, -0.2) is 9.97 Å². The minimum Gasteiger partial charge on any atom is -0.497 e. The fraction of sp³-hybridized carbons (Fsp3) is 0.393. The lowest BCUT2D eigenvalue weighted by molar-refractivity contribution is 0.0380. The lowest BCUT2D eigenvalue weighted by Gasteiger charge is -2.43. The number of nitrogens with zero attached hydrogens (tertiary/aromatic N) is 3. The number of nitrogen functional groups attached to an aromatic ring is 1.